The molecule has 3 unspecified atom stereocenters. The van der Waals surface area contributed by atoms with Crippen molar-refractivity contribution >= 4 is 8.32 Å². The number of hydrogen-bond donors (Lipinski definition) is 0. The van der Waals surface area contributed by atoms with E-state index in [1.807, 2.05) is 7.11 Å². The number of methoxy groups -OCH3 is 1. The first kappa shape index (κ1) is 22.3. The lowest BCUT2D eigenvalue weighted by molar-refractivity contribution is -0.114. The lowest BCUT2D eigenvalue weighted by Crippen LogP contribution is -2.61. The highest BCUT2D eigenvalue weighted by Crippen LogP contribution is 2.61. The molecule has 4 rings (SSSR count). The SMILES string of the molecule is COC12CCC/C=C\CCC3(O[Si](C)(C)C(C)(C)C)CCC=C(C1)C3(C)CC2. The minimum absolute atomic E-state index is 0.0243. The van der Waals surface area contributed by atoms with Gasteiger partial charge in [0.2, 0.25) is 0 Å². The smallest absolute Gasteiger partial charge is 0.192 e. The van der Waals surface area contributed by atoms with E-state index in [-0.39, 0.29) is 21.7 Å². The first-order valence-electron chi connectivity index (χ1n) is 11.6. The standard InChI is InChI=1S/C25H44O2Si/c1-22(2,3)28(6,7)27-25-16-12-10-8-9-11-15-24(26-5)19-18-23(25,4)21(20-24)14-13-17-25/h8,10,14H,9,11-13,15-20H2,1-7H3/b10-8-. The van der Waals surface area contributed by atoms with E-state index in [4.69, 9.17) is 9.16 Å². The molecule has 0 heterocycles. The summed E-state index contributed by atoms with van der Waals surface area (Å²) in [6.45, 7) is 14.5. The van der Waals surface area contributed by atoms with Gasteiger partial charge in [0.1, 0.15) is 0 Å². The Morgan fingerprint density at radius 3 is 2.29 bits per heavy atom. The lowest BCUT2D eigenvalue weighted by Gasteiger charge is -2.60. The van der Waals surface area contributed by atoms with E-state index in [0.29, 0.717) is 0 Å². The third-order valence-electron chi connectivity index (χ3n) is 8.82. The van der Waals surface area contributed by atoms with Crippen molar-refractivity contribution < 1.29 is 9.16 Å². The maximum Gasteiger partial charge on any atom is 0.192 e. The molecular formula is C25H44O2Si. The van der Waals surface area contributed by atoms with Gasteiger partial charge in [0.25, 0.3) is 0 Å². The second kappa shape index (κ2) is 7.70. The molecule has 4 bridgehead atoms. The molecule has 3 heteroatoms. The molecule has 0 aromatic heterocycles. The van der Waals surface area contributed by atoms with Crippen molar-refractivity contribution in [3.05, 3.63) is 23.8 Å². The molecule has 1 fully saturated rings. The van der Waals surface area contributed by atoms with Crippen LogP contribution in [0.5, 0.6) is 0 Å². The number of hydrogen-bond acceptors (Lipinski definition) is 2. The Morgan fingerprint density at radius 2 is 1.61 bits per heavy atom. The van der Waals surface area contributed by atoms with E-state index in [1.54, 1.807) is 5.57 Å². The second-order valence-electron chi connectivity index (χ2n) is 11.4. The summed E-state index contributed by atoms with van der Waals surface area (Å²) in [5.74, 6) is 0. The summed E-state index contributed by atoms with van der Waals surface area (Å²) in [6, 6.07) is 0. The molecule has 3 atom stereocenters. The maximum atomic E-state index is 7.43. The van der Waals surface area contributed by atoms with Gasteiger partial charge < -0.3 is 9.16 Å². The maximum absolute atomic E-state index is 7.43. The van der Waals surface area contributed by atoms with Crippen molar-refractivity contribution in [3.8, 4) is 0 Å². The van der Waals surface area contributed by atoms with E-state index >= 15 is 0 Å². The Hall–Kier alpha value is -0.383. The Morgan fingerprint density at radius 1 is 0.929 bits per heavy atom. The second-order valence-corrected chi connectivity index (χ2v) is 16.1. The van der Waals surface area contributed by atoms with Crippen molar-refractivity contribution in [2.45, 2.75) is 121 Å². The predicted molar refractivity (Wildman–Crippen MR) is 122 cm³/mol. The van der Waals surface area contributed by atoms with Crippen molar-refractivity contribution in [2.24, 2.45) is 5.41 Å². The Bertz CT molecular complexity index is 629. The van der Waals surface area contributed by atoms with Crippen molar-refractivity contribution in [1.29, 1.82) is 0 Å². The van der Waals surface area contributed by atoms with Crippen LogP contribution in [0.15, 0.2) is 23.8 Å². The fourth-order valence-corrected chi connectivity index (χ4v) is 7.40. The van der Waals surface area contributed by atoms with Gasteiger partial charge in [0, 0.05) is 12.5 Å². The van der Waals surface area contributed by atoms with Gasteiger partial charge in [0.05, 0.1) is 11.2 Å². The van der Waals surface area contributed by atoms with E-state index in [0.717, 1.165) is 25.7 Å². The molecule has 0 radical (unpaired) electrons. The van der Waals surface area contributed by atoms with Crippen LogP contribution < -0.4 is 0 Å². The summed E-state index contributed by atoms with van der Waals surface area (Å²) in [4.78, 5) is 0. The number of ether oxygens (including phenoxy) is 1. The number of rotatable bonds is 3. The minimum Gasteiger partial charge on any atom is -0.410 e. The summed E-state index contributed by atoms with van der Waals surface area (Å²) >= 11 is 0. The summed E-state index contributed by atoms with van der Waals surface area (Å²) in [5.41, 5.74) is 1.80. The van der Waals surface area contributed by atoms with Crippen LogP contribution in [0.2, 0.25) is 18.1 Å². The third kappa shape index (κ3) is 3.84. The first-order valence-corrected chi connectivity index (χ1v) is 14.5. The molecule has 4 aliphatic rings. The Labute approximate surface area is 175 Å². The van der Waals surface area contributed by atoms with E-state index in [9.17, 15) is 0 Å². The largest absolute Gasteiger partial charge is 0.410 e. The molecule has 0 saturated heterocycles. The first-order chi connectivity index (χ1) is 13.0. The van der Waals surface area contributed by atoms with Crippen LogP contribution in [0.3, 0.4) is 0 Å². The van der Waals surface area contributed by atoms with Gasteiger partial charge in [-0.2, -0.15) is 0 Å². The van der Waals surface area contributed by atoms with Gasteiger partial charge >= 0.3 is 0 Å². The molecule has 1 saturated carbocycles. The van der Waals surface area contributed by atoms with Crippen molar-refractivity contribution in [1.82, 2.24) is 0 Å². The van der Waals surface area contributed by atoms with Crippen molar-refractivity contribution in [2.75, 3.05) is 7.11 Å². The van der Waals surface area contributed by atoms with Crippen molar-refractivity contribution in [3.63, 3.8) is 0 Å². The van der Waals surface area contributed by atoms with Gasteiger partial charge in [-0.25, -0.2) is 0 Å². The molecule has 0 aromatic carbocycles. The van der Waals surface area contributed by atoms with Crippen LogP contribution in [0.1, 0.15) is 91.9 Å². The van der Waals surface area contributed by atoms with Gasteiger partial charge in [-0.15, -0.1) is 0 Å². The molecule has 28 heavy (non-hydrogen) atoms. The number of fused-ring (bicyclic) bond motifs is 6. The van der Waals surface area contributed by atoms with Crippen LogP contribution in [0, 0.1) is 5.41 Å². The lowest BCUT2D eigenvalue weighted by atomic mass is 9.53. The van der Waals surface area contributed by atoms with Crippen LogP contribution in [-0.2, 0) is 9.16 Å². The fourth-order valence-electron chi connectivity index (χ4n) is 5.68. The molecule has 0 spiro atoms. The van der Waals surface area contributed by atoms with E-state index in [2.05, 4.69) is 59.0 Å². The van der Waals surface area contributed by atoms with E-state index < -0.39 is 8.32 Å². The molecule has 2 nitrogen and oxygen atoms in total. The normalized spacial score (nSPS) is 38.3. The summed E-state index contributed by atoms with van der Waals surface area (Å²) < 4.78 is 13.6. The minimum atomic E-state index is -1.87. The highest BCUT2D eigenvalue weighted by molar-refractivity contribution is 6.74. The average Bonchev–Trinajstić information content (AvgIpc) is 2.60. The average molecular weight is 405 g/mol. The Kier molecular flexibility index (Phi) is 6.14. The molecular weight excluding hydrogens is 360 g/mol. The summed E-state index contributed by atoms with van der Waals surface area (Å²) in [7, 11) is 0.0686. The zero-order valence-corrected chi connectivity index (χ0v) is 20.6. The Balaban J connectivity index is 2.05. The third-order valence-corrected chi connectivity index (χ3v) is 13.3. The van der Waals surface area contributed by atoms with E-state index in [1.165, 1.54) is 38.5 Å². The summed E-state index contributed by atoms with van der Waals surface area (Å²) in [6.07, 6.45) is 19.1. The predicted octanol–water partition coefficient (Wildman–Crippen LogP) is 7.56. The van der Waals surface area contributed by atoms with Crippen LogP contribution in [0.4, 0.5) is 0 Å². The van der Waals surface area contributed by atoms with Gasteiger partial charge in [-0.1, -0.05) is 51.5 Å². The number of allylic oxidation sites excluding steroid dienone is 3. The quantitative estimate of drug-likeness (QED) is 0.357. The van der Waals surface area contributed by atoms with Gasteiger partial charge in [-0.3, -0.25) is 0 Å². The zero-order chi connectivity index (χ0) is 20.7. The molecule has 4 aliphatic carbocycles. The molecule has 0 amide bonds. The highest BCUT2D eigenvalue weighted by atomic mass is 28.4. The summed E-state index contributed by atoms with van der Waals surface area (Å²) in [5, 5.41) is 0.240. The van der Waals surface area contributed by atoms with Gasteiger partial charge in [0.15, 0.2) is 8.32 Å². The fraction of sp³-hybridized carbons (Fsp3) is 0.840. The van der Waals surface area contributed by atoms with Crippen LogP contribution >= 0.6 is 0 Å². The molecule has 160 valence electrons. The molecule has 0 aromatic rings. The van der Waals surface area contributed by atoms with Crippen LogP contribution in [0.25, 0.3) is 0 Å². The van der Waals surface area contributed by atoms with Crippen LogP contribution in [-0.4, -0.2) is 26.6 Å². The van der Waals surface area contributed by atoms with Gasteiger partial charge in [-0.05, 0) is 82.3 Å². The topological polar surface area (TPSA) is 18.5 Å². The zero-order valence-electron chi connectivity index (χ0n) is 19.6. The molecule has 0 N–H and O–H groups in total. The molecule has 0 aliphatic heterocycles. The monoisotopic (exact) mass is 404 g/mol. The highest BCUT2D eigenvalue weighted by Gasteiger charge is 2.58.